The molecule has 2 aromatic carbocycles. The topological polar surface area (TPSA) is 49.4 Å². The van der Waals surface area contributed by atoms with Gasteiger partial charge in [0, 0.05) is 23.7 Å². The van der Waals surface area contributed by atoms with Crippen LogP contribution in [-0.4, -0.2) is 27.6 Å². The minimum Gasteiger partial charge on any atom is -0.326 e. The van der Waals surface area contributed by atoms with Gasteiger partial charge >= 0.3 is 0 Å². The second-order valence-corrected chi connectivity index (χ2v) is 8.48. The summed E-state index contributed by atoms with van der Waals surface area (Å²) in [7, 11) is 0. The minimum atomic E-state index is -0.200. The number of amides is 2. The number of nitrogens with zero attached hydrogens (tertiary/aromatic N) is 1. The highest BCUT2D eigenvalue weighted by molar-refractivity contribution is 8.26. The molecule has 7 heteroatoms. The second kappa shape index (κ2) is 8.90. The molecule has 1 N–H and O–H groups in total. The van der Waals surface area contributed by atoms with E-state index in [-0.39, 0.29) is 24.8 Å². The van der Waals surface area contributed by atoms with Crippen molar-refractivity contribution in [3.63, 3.8) is 0 Å². The second-order valence-electron chi connectivity index (χ2n) is 6.40. The molecule has 3 rings (SSSR count). The van der Waals surface area contributed by atoms with Crippen molar-refractivity contribution >= 4 is 63.5 Å². The first-order valence-electron chi connectivity index (χ1n) is 8.73. The highest BCUT2D eigenvalue weighted by atomic mass is 35.5. The summed E-state index contributed by atoms with van der Waals surface area (Å²) in [4.78, 5) is 27.0. The summed E-state index contributed by atoms with van der Waals surface area (Å²) in [6.45, 7) is 4.20. The van der Waals surface area contributed by atoms with Gasteiger partial charge < -0.3 is 5.32 Å². The normalized spacial score (nSPS) is 15.4. The molecule has 0 aromatic heterocycles. The van der Waals surface area contributed by atoms with Crippen LogP contribution >= 0.6 is 35.6 Å². The van der Waals surface area contributed by atoms with E-state index < -0.39 is 0 Å². The molecule has 0 bridgehead atoms. The Labute approximate surface area is 178 Å². The lowest BCUT2D eigenvalue weighted by atomic mass is 10.1. The molecule has 0 saturated carbocycles. The largest absolute Gasteiger partial charge is 0.326 e. The molecule has 2 aromatic rings. The van der Waals surface area contributed by atoms with Gasteiger partial charge in [0.05, 0.1) is 4.91 Å². The van der Waals surface area contributed by atoms with Crippen LogP contribution in [0.2, 0.25) is 5.02 Å². The smallest absolute Gasteiger partial charge is 0.266 e. The molecule has 28 heavy (non-hydrogen) atoms. The fourth-order valence-corrected chi connectivity index (χ4v) is 4.23. The maximum absolute atomic E-state index is 12.7. The average molecular weight is 431 g/mol. The molecule has 1 heterocycles. The summed E-state index contributed by atoms with van der Waals surface area (Å²) >= 11 is 12.7. The van der Waals surface area contributed by atoms with Gasteiger partial charge in [0.15, 0.2) is 0 Å². The van der Waals surface area contributed by atoms with Crippen molar-refractivity contribution in [1.82, 2.24) is 4.90 Å². The lowest BCUT2D eigenvalue weighted by Gasteiger charge is -2.15. The Bertz CT molecular complexity index is 988. The van der Waals surface area contributed by atoms with Gasteiger partial charge in [-0.2, -0.15) is 0 Å². The van der Waals surface area contributed by atoms with Crippen LogP contribution in [0.15, 0.2) is 47.4 Å². The number of carbonyl (C=O) groups is 2. The molecule has 1 aliphatic rings. The van der Waals surface area contributed by atoms with E-state index in [1.165, 1.54) is 16.7 Å². The quantitative estimate of drug-likeness (QED) is 0.524. The Hall–Kier alpha value is -2.15. The van der Waals surface area contributed by atoms with Gasteiger partial charge in [0.2, 0.25) is 5.91 Å². The molecule has 2 amide bonds. The Morgan fingerprint density at radius 2 is 1.96 bits per heavy atom. The summed E-state index contributed by atoms with van der Waals surface area (Å²) in [6.07, 6.45) is 1.90. The predicted octanol–water partition coefficient (Wildman–Crippen LogP) is 5.19. The predicted molar refractivity (Wildman–Crippen MR) is 120 cm³/mol. The first-order chi connectivity index (χ1) is 13.4. The fourth-order valence-electron chi connectivity index (χ4n) is 2.74. The van der Waals surface area contributed by atoms with E-state index in [1.54, 1.807) is 12.1 Å². The van der Waals surface area contributed by atoms with Crippen molar-refractivity contribution in [1.29, 1.82) is 0 Å². The Kier molecular flexibility index (Phi) is 6.54. The molecule has 0 unspecified atom stereocenters. The lowest BCUT2D eigenvalue weighted by Crippen LogP contribution is -2.31. The third-order valence-electron chi connectivity index (χ3n) is 4.51. The monoisotopic (exact) mass is 430 g/mol. The summed E-state index contributed by atoms with van der Waals surface area (Å²) in [5.41, 5.74) is 3.69. The Morgan fingerprint density at radius 1 is 1.21 bits per heavy atom. The average Bonchev–Trinajstić information content (AvgIpc) is 2.92. The van der Waals surface area contributed by atoms with Crippen LogP contribution in [0.25, 0.3) is 6.08 Å². The zero-order chi connectivity index (χ0) is 20.3. The van der Waals surface area contributed by atoms with Crippen LogP contribution < -0.4 is 5.32 Å². The van der Waals surface area contributed by atoms with Gasteiger partial charge in [-0.05, 0) is 48.7 Å². The van der Waals surface area contributed by atoms with Crippen molar-refractivity contribution < 1.29 is 9.59 Å². The third-order valence-corrected chi connectivity index (χ3v) is 6.23. The van der Waals surface area contributed by atoms with Gasteiger partial charge in [0.25, 0.3) is 5.91 Å². The van der Waals surface area contributed by atoms with Crippen molar-refractivity contribution in [3.05, 3.63) is 69.1 Å². The molecule has 0 radical (unpaired) electrons. The highest BCUT2D eigenvalue weighted by Crippen LogP contribution is 2.33. The SMILES string of the molecule is Cc1cccc(NC(=O)CCN2C(=O)/C(=C/c3ccccc3Cl)SC2=S)c1C. The molecular formula is C21H19ClN2O2S2. The first kappa shape index (κ1) is 20.6. The zero-order valence-electron chi connectivity index (χ0n) is 15.5. The van der Waals surface area contributed by atoms with Crippen LogP contribution in [0.5, 0.6) is 0 Å². The Balaban J connectivity index is 1.64. The molecule has 0 spiro atoms. The number of hydrogen-bond donors (Lipinski definition) is 1. The van der Waals surface area contributed by atoms with E-state index >= 15 is 0 Å². The van der Waals surface area contributed by atoms with Gasteiger partial charge in [-0.25, -0.2) is 0 Å². The zero-order valence-corrected chi connectivity index (χ0v) is 17.9. The van der Waals surface area contributed by atoms with Gasteiger partial charge in [-0.1, -0.05) is 65.9 Å². The lowest BCUT2D eigenvalue weighted by molar-refractivity contribution is -0.122. The van der Waals surface area contributed by atoms with Crippen molar-refractivity contribution in [2.75, 3.05) is 11.9 Å². The van der Waals surface area contributed by atoms with E-state index in [2.05, 4.69) is 5.32 Å². The van der Waals surface area contributed by atoms with Crippen LogP contribution in [0.4, 0.5) is 5.69 Å². The molecular weight excluding hydrogens is 412 g/mol. The Morgan fingerprint density at radius 3 is 2.71 bits per heavy atom. The van der Waals surface area contributed by atoms with E-state index in [0.717, 1.165) is 22.4 Å². The molecule has 144 valence electrons. The summed E-state index contributed by atoms with van der Waals surface area (Å²) in [6, 6.07) is 13.1. The molecule has 1 saturated heterocycles. The summed E-state index contributed by atoms with van der Waals surface area (Å²) in [5, 5.41) is 3.47. The standard InChI is InChI=1S/C21H19ClN2O2S2/c1-13-6-5-9-17(14(13)2)23-19(25)10-11-24-20(26)18(28-21(24)27)12-15-7-3-4-8-16(15)22/h3-9,12H,10-11H2,1-2H3,(H,23,25)/b18-12-. The molecule has 0 aliphatic carbocycles. The first-order valence-corrected chi connectivity index (χ1v) is 10.3. The van der Waals surface area contributed by atoms with E-state index in [4.69, 9.17) is 23.8 Å². The molecule has 1 fully saturated rings. The van der Waals surface area contributed by atoms with Crippen molar-refractivity contribution in [2.45, 2.75) is 20.3 Å². The number of anilines is 1. The van der Waals surface area contributed by atoms with Crippen LogP contribution in [0, 0.1) is 13.8 Å². The maximum Gasteiger partial charge on any atom is 0.266 e. The number of aryl methyl sites for hydroxylation is 1. The van der Waals surface area contributed by atoms with E-state index in [0.29, 0.717) is 14.2 Å². The molecule has 1 aliphatic heterocycles. The van der Waals surface area contributed by atoms with Crippen LogP contribution in [0.1, 0.15) is 23.1 Å². The van der Waals surface area contributed by atoms with Gasteiger partial charge in [-0.3, -0.25) is 14.5 Å². The van der Waals surface area contributed by atoms with Gasteiger partial charge in [-0.15, -0.1) is 0 Å². The number of thiocarbonyl (C=S) groups is 1. The number of nitrogens with one attached hydrogen (secondary N) is 1. The van der Waals surface area contributed by atoms with Crippen LogP contribution in [-0.2, 0) is 9.59 Å². The number of thioether (sulfide) groups is 1. The third kappa shape index (κ3) is 4.63. The number of hydrogen-bond acceptors (Lipinski definition) is 4. The van der Waals surface area contributed by atoms with Crippen molar-refractivity contribution in [2.24, 2.45) is 0 Å². The van der Waals surface area contributed by atoms with E-state index in [1.807, 2.05) is 50.2 Å². The summed E-state index contributed by atoms with van der Waals surface area (Å²) < 4.78 is 0.447. The maximum atomic E-state index is 12.7. The number of rotatable bonds is 5. The fraction of sp³-hybridized carbons (Fsp3) is 0.190. The highest BCUT2D eigenvalue weighted by Gasteiger charge is 2.32. The minimum absolute atomic E-state index is 0.155. The number of carbonyl (C=O) groups excluding carboxylic acids is 2. The van der Waals surface area contributed by atoms with Crippen LogP contribution in [0.3, 0.4) is 0 Å². The summed E-state index contributed by atoms with van der Waals surface area (Å²) in [5.74, 6) is -0.354. The number of benzene rings is 2. The van der Waals surface area contributed by atoms with E-state index in [9.17, 15) is 9.59 Å². The van der Waals surface area contributed by atoms with Gasteiger partial charge in [0.1, 0.15) is 4.32 Å². The molecule has 4 nitrogen and oxygen atoms in total. The van der Waals surface area contributed by atoms with Crippen molar-refractivity contribution in [3.8, 4) is 0 Å². The molecule has 0 atom stereocenters. The number of halogens is 1.